The Labute approximate surface area is 147 Å². The molecule has 0 bridgehead atoms. The minimum absolute atomic E-state index is 0.206. The summed E-state index contributed by atoms with van der Waals surface area (Å²) < 4.78 is 5.44. The molecule has 0 radical (unpaired) electrons. The number of benzene rings is 2. The number of nitrogens with one attached hydrogen (secondary N) is 2. The van der Waals surface area contributed by atoms with Crippen LogP contribution in [0.4, 0.5) is 17.6 Å². The van der Waals surface area contributed by atoms with E-state index < -0.39 is 0 Å². The lowest BCUT2D eigenvalue weighted by molar-refractivity contribution is 0.416. The molecule has 128 valence electrons. The Hall–Kier alpha value is -3.15. The summed E-state index contributed by atoms with van der Waals surface area (Å²) in [4.78, 5) is 13.6. The molecule has 1 aromatic heterocycles. The van der Waals surface area contributed by atoms with E-state index >= 15 is 0 Å². The van der Waals surface area contributed by atoms with E-state index in [-0.39, 0.29) is 6.04 Å². The fourth-order valence-corrected chi connectivity index (χ4v) is 2.35. The zero-order valence-corrected chi connectivity index (χ0v) is 14.5. The van der Waals surface area contributed by atoms with Crippen LogP contribution in [0.2, 0.25) is 0 Å². The van der Waals surface area contributed by atoms with Crippen molar-refractivity contribution < 1.29 is 4.74 Å². The third-order valence-electron chi connectivity index (χ3n) is 3.43. The van der Waals surface area contributed by atoms with Gasteiger partial charge in [0.2, 0.25) is 11.9 Å². The van der Waals surface area contributed by atoms with E-state index in [1.807, 2.05) is 68.4 Å². The molecule has 0 atom stereocenters. The Bertz CT molecular complexity index is 836. The fourth-order valence-electron chi connectivity index (χ4n) is 2.35. The number of aromatic nitrogens is 3. The van der Waals surface area contributed by atoms with Crippen LogP contribution in [0.1, 0.15) is 13.8 Å². The van der Waals surface area contributed by atoms with E-state index in [1.165, 1.54) is 0 Å². The Morgan fingerprint density at radius 2 is 1.52 bits per heavy atom. The van der Waals surface area contributed by atoms with Gasteiger partial charge in [0.25, 0.3) is 0 Å². The third-order valence-corrected chi connectivity index (χ3v) is 3.43. The number of ether oxygens (including phenoxy) is 1. The van der Waals surface area contributed by atoms with Gasteiger partial charge in [0.05, 0.1) is 12.7 Å². The van der Waals surface area contributed by atoms with Crippen LogP contribution < -0.4 is 15.4 Å². The van der Waals surface area contributed by atoms with Crippen molar-refractivity contribution in [3.05, 3.63) is 54.6 Å². The van der Waals surface area contributed by atoms with Gasteiger partial charge in [0.15, 0.2) is 5.82 Å². The van der Waals surface area contributed by atoms with Crippen LogP contribution in [-0.4, -0.2) is 28.1 Å². The van der Waals surface area contributed by atoms with Gasteiger partial charge in [-0.1, -0.05) is 30.3 Å². The van der Waals surface area contributed by atoms with Crippen molar-refractivity contribution in [3.63, 3.8) is 0 Å². The molecule has 6 nitrogen and oxygen atoms in total. The van der Waals surface area contributed by atoms with Gasteiger partial charge >= 0.3 is 0 Å². The second-order valence-electron chi connectivity index (χ2n) is 5.80. The van der Waals surface area contributed by atoms with Crippen LogP contribution in [0.25, 0.3) is 11.4 Å². The molecule has 0 amide bonds. The van der Waals surface area contributed by atoms with Crippen molar-refractivity contribution in [2.45, 2.75) is 19.9 Å². The lowest BCUT2D eigenvalue weighted by Crippen LogP contribution is -2.14. The van der Waals surface area contributed by atoms with Crippen molar-refractivity contribution in [1.29, 1.82) is 0 Å². The first-order valence-electron chi connectivity index (χ1n) is 8.14. The highest BCUT2D eigenvalue weighted by Gasteiger charge is 2.13. The predicted molar refractivity (Wildman–Crippen MR) is 100 cm³/mol. The highest BCUT2D eigenvalue weighted by atomic mass is 16.5. The van der Waals surface area contributed by atoms with Crippen molar-refractivity contribution in [1.82, 2.24) is 15.0 Å². The van der Waals surface area contributed by atoms with Gasteiger partial charge in [-0.15, -0.1) is 0 Å². The molecule has 0 aliphatic carbocycles. The molecule has 6 heteroatoms. The summed E-state index contributed by atoms with van der Waals surface area (Å²) in [5.41, 5.74) is 1.73. The van der Waals surface area contributed by atoms with Crippen LogP contribution in [0, 0.1) is 0 Å². The molecule has 1 heterocycles. The van der Waals surface area contributed by atoms with E-state index in [0.29, 0.717) is 17.7 Å². The highest BCUT2D eigenvalue weighted by molar-refractivity contribution is 5.66. The zero-order chi connectivity index (χ0) is 17.6. The summed E-state index contributed by atoms with van der Waals surface area (Å²) in [5.74, 6) is 2.26. The van der Waals surface area contributed by atoms with Crippen LogP contribution in [-0.2, 0) is 0 Å². The highest BCUT2D eigenvalue weighted by Crippen LogP contribution is 2.28. The van der Waals surface area contributed by atoms with Gasteiger partial charge in [0, 0.05) is 11.7 Å². The van der Waals surface area contributed by atoms with Crippen molar-refractivity contribution in [2.24, 2.45) is 0 Å². The van der Waals surface area contributed by atoms with Gasteiger partial charge < -0.3 is 15.4 Å². The first-order chi connectivity index (χ1) is 12.2. The van der Waals surface area contributed by atoms with Gasteiger partial charge in [-0.2, -0.15) is 15.0 Å². The van der Waals surface area contributed by atoms with Crippen LogP contribution in [0.5, 0.6) is 5.75 Å². The summed E-state index contributed by atoms with van der Waals surface area (Å²) in [6.07, 6.45) is 0. The maximum Gasteiger partial charge on any atom is 0.232 e. The summed E-state index contributed by atoms with van der Waals surface area (Å²) >= 11 is 0. The number of methoxy groups -OCH3 is 1. The average molecular weight is 335 g/mol. The number of para-hydroxylation sites is 2. The SMILES string of the molecule is COc1ccccc1-c1nc(Nc2ccccc2)nc(NC(C)C)n1. The van der Waals surface area contributed by atoms with Crippen LogP contribution in [0.15, 0.2) is 54.6 Å². The lowest BCUT2D eigenvalue weighted by atomic mass is 10.2. The van der Waals surface area contributed by atoms with E-state index in [1.54, 1.807) is 7.11 Å². The molecule has 0 aliphatic heterocycles. The molecule has 3 aromatic rings. The molecule has 0 spiro atoms. The van der Waals surface area contributed by atoms with Crippen molar-refractivity contribution >= 4 is 17.6 Å². The van der Waals surface area contributed by atoms with Gasteiger partial charge in [-0.25, -0.2) is 0 Å². The topological polar surface area (TPSA) is 72.0 Å². The normalized spacial score (nSPS) is 10.6. The Morgan fingerprint density at radius 3 is 2.24 bits per heavy atom. The Kier molecular flexibility index (Phi) is 5.09. The maximum absolute atomic E-state index is 5.44. The number of hydrogen-bond donors (Lipinski definition) is 2. The zero-order valence-electron chi connectivity index (χ0n) is 14.5. The predicted octanol–water partition coefficient (Wildman–Crippen LogP) is 4.11. The molecular formula is C19H21N5O. The average Bonchev–Trinajstić information content (AvgIpc) is 2.61. The first kappa shape index (κ1) is 16.7. The molecular weight excluding hydrogens is 314 g/mol. The lowest BCUT2D eigenvalue weighted by Gasteiger charge is -2.13. The van der Waals surface area contributed by atoms with Crippen LogP contribution >= 0.6 is 0 Å². The molecule has 0 unspecified atom stereocenters. The summed E-state index contributed by atoms with van der Waals surface area (Å²) in [6.45, 7) is 4.08. The van der Waals surface area contributed by atoms with Gasteiger partial charge in [-0.3, -0.25) is 0 Å². The van der Waals surface area contributed by atoms with E-state index in [2.05, 4.69) is 25.6 Å². The maximum atomic E-state index is 5.44. The summed E-state index contributed by atoms with van der Waals surface area (Å²) in [7, 11) is 1.64. The summed E-state index contributed by atoms with van der Waals surface area (Å²) in [6, 6.07) is 17.7. The number of anilines is 3. The molecule has 25 heavy (non-hydrogen) atoms. The van der Waals surface area contributed by atoms with E-state index in [9.17, 15) is 0 Å². The van der Waals surface area contributed by atoms with E-state index in [0.717, 1.165) is 17.0 Å². The standard InChI is InChI=1S/C19H21N5O/c1-13(2)20-18-22-17(15-11-7-8-12-16(15)25-3)23-19(24-18)21-14-9-5-4-6-10-14/h4-13H,1-3H3,(H2,20,21,22,23,24). The smallest absolute Gasteiger partial charge is 0.232 e. The number of nitrogens with zero attached hydrogens (tertiary/aromatic N) is 3. The van der Waals surface area contributed by atoms with E-state index in [4.69, 9.17) is 4.74 Å². The second-order valence-corrected chi connectivity index (χ2v) is 5.80. The summed E-state index contributed by atoms with van der Waals surface area (Å²) in [5, 5.41) is 6.46. The quantitative estimate of drug-likeness (QED) is 0.706. The largest absolute Gasteiger partial charge is 0.496 e. The van der Waals surface area contributed by atoms with Gasteiger partial charge in [0.1, 0.15) is 5.75 Å². The van der Waals surface area contributed by atoms with Crippen LogP contribution in [0.3, 0.4) is 0 Å². The third kappa shape index (κ3) is 4.23. The molecule has 2 aromatic carbocycles. The molecule has 0 saturated carbocycles. The fraction of sp³-hybridized carbons (Fsp3) is 0.211. The molecule has 0 fully saturated rings. The van der Waals surface area contributed by atoms with Crippen molar-refractivity contribution in [2.75, 3.05) is 17.7 Å². The minimum atomic E-state index is 0.206. The minimum Gasteiger partial charge on any atom is -0.496 e. The Morgan fingerprint density at radius 1 is 0.840 bits per heavy atom. The molecule has 3 rings (SSSR count). The number of hydrogen-bond acceptors (Lipinski definition) is 6. The Balaban J connectivity index is 2.03. The number of rotatable bonds is 6. The van der Waals surface area contributed by atoms with Gasteiger partial charge in [-0.05, 0) is 38.1 Å². The molecule has 0 saturated heterocycles. The molecule has 0 aliphatic rings. The first-order valence-corrected chi connectivity index (χ1v) is 8.14. The molecule has 2 N–H and O–H groups in total. The second kappa shape index (κ2) is 7.61. The monoisotopic (exact) mass is 335 g/mol. The van der Waals surface area contributed by atoms with Crippen molar-refractivity contribution in [3.8, 4) is 17.1 Å².